The molecule has 0 atom stereocenters. The SMILES string of the molecule is CCC(CC)(c1ccc(NC(=O)/C=C/c2sc(-n3cnc4ccccc43)nc2C(C)C)cc1)P(=O)(O)O. The zero-order valence-corrected chi connectivity index (χ0v) is 23.0. The van der Waals surface area contributed by atoms with Crippen molar-refractivity contribution in [2.45, 2.75) is 51.6 Å². The van der Waals surface area contributed by atoms with Gasteiger partial charge in [0.25, 0.3) is 0 Å². The number of fused-ring (bicyclic) bond motifs is 1. The Hall–Kier alpha value is -3.10. The molecule has 0 aliphatic carbocycles. The number of anilines is 1. The van der Waals surface area contributed by atoms with E-state index < -0.39 is 12.8 Å². The molecule has 2 heterocycles. The van der Waals surface area contributed by atoms with Crippen LogP contribution in [-0.2, 0) is 14.5 Å². The number of imidazole rings is 1. The van der Waals surface area contributed by atoms with Gasteiger partial charge < -0.3 is 15.1 Å². The number of aromatic nitrogens is 3. The fraction of sp³-hybridized carbons (Fsp3) is 0.296. The fourth-order valence-electron chi connectivity index (χ4n) is 4.52. The molecule has 0 spiro atoms. The Morgan fingerprint density at radius 1 is 1.14 bits per heavy atom. The molecule has 0 radical (unpaired) electrons. The van der Waals surface area contributed by atoms with Gasteiger partial charge in [-0.2, -0.15) is 0 Å². The van der Waals surface area contributed by atoms with Crippen LogP contribution in [0.15, 0.2) is 60.9 Å². The van der Waals surface area contributed by atoms with Gasteiger partial charge in [0.1, 0.15) is 6.33 Å². The molecule has 0 unspecified atom stereocenters. The van der Waals surface area contributed by atoms with Crippen molar-refractivity contribution in [3.63, 3.8) is 0 Å². The number of nitrogens with zero attached hydrogens (tertiary/aromatic N) is 3. The zero-order valence-electron chi connectivity index (χ0n) is 21.3. The molecule has 1 amide bonds. The van der Waals surface area contributed by atoms with Crippen LogP contribution in [0.2, 0.25) is 0 Å². The van der Waals surface area contributed by atoms with Gasteiger partial charge in [0.2, 0.25) is 5.91 Å². The fourth-order valence-corrected chi connectivity index (χ4v) is 6.93. The summed E-state index contributed by atoms with van der Waals surface area (Å²) in [6.45, 7) is 7.67. The normalized spacial score (nSPS) is 12.6. The molecule has 10 heteroatoms. The van der Waals surface area contributed by atoms with E-state index in [1.807, 2.05) is 28.8 Å². The Bertz CT molecular complexity index is 1480. The molecule has 4 rings (SSSR count). The van der Waals surface area contributed by atoms with E-state index in [0.717, 1.165) is 26.7 Å². The first-order valence-electron chi connectivity index (χ1n) is 12.2. The Morgan fingerprint density at radius 3 is 2.43 bits per heavy atom. The molecule has 2 aromatic heterocycles. The minimum atomic E-state index is -4.37. The third-order valence-corrected chi connectivity index (χ3v) is 9.72. The summed E-state index contributed by atoms with van der Waals surface area (Å²) in [5.74, 6) is -0.140. The van der Waals surface area contributed by atoms with E-state index in [2.05, 4.69) is 24.1 Å². The molecular formula is C27H31N4O4PS. The van der Waals surface area contributed by atoms with Crippen molar-refractivity contribution >= 4 is 47.6 Å². The molecule has 0 aliphatic rings. The monoisotopic (exact) mass is 538 g/mol. The number of hydrogen-bond donors (Lipinski definition) is 3. The summed E-state index contributed by atoms with van der Waals surface area (Å²) >= 11 is 1.49. The van der Waals surface area contributed by atoms with E-state index in [0.29, 0.717) is 24.1 Å². The van der Waals surface area contributed by atoms with Gasteiger partial charge in [-0.1, -0.05) is 63.3 Å². The minimum absolute atomic E-state index is 0.168. The van der Waals surface area contributed by atoms with Crippen LogP contribution in [-0.4, -0.2) is 30.2 Å². The average molecular weight is 539 g/mol. The summed E-state index contributed by atoms with van der Waals surface area (Å²) in [6, 6.07) is 14.6. The molecule has 0 saturated carbocycles. The van der Waals surface area contributed by atoms with Gasteiger partial charge in [-0.15, -0.1) is 0 Å². The van der Waals surface area contributed by atoms with Crippen LogP contribution < -0.4 is 5.32 Å². The van der Waals surface area contributed by atoms with Gasteiger partial charge in [-0.3, -0.25) is 13.9 Å². The molecule has 194 valence electrons. The Kier molecular flexibility index (Phi) is 7.80. The standard InChI is InChI=1S/C27H31N4O4PS/c1-5-27(6-2,36(33,34)35)19-11-13-20(14-12-19)29-24(32)16-15-23-25(18(3)4)30-26(37-23)31-17-28-21-9-7-8-10-22(21)31/h7-18H,5-6H2,1-4H3,(H,29,32)(H2,33,34,35)/b16-15+. The molecule has 4 aromatic rings. The summed E-state index contributed by atoms with van der Waals surface area (Å²) in [5.41, 5.74) is 3.87. The van der Waals surface area contributed by atoms with Crippen molar-refractivity contribution in [1.82, 2.24) is 14.5 Å². The first kappa shape index (κ1) is 26.9. The number of para-hydroxylation sites is 2. The molecule has 0 saturated heterocycles. The van der Waals surface area contributed by atoms with Gasteiger partial charge >= 0.3 is 7.60 Å². The zero-order chi connectivity index (χ0) is 26.8. The Labute approximate surface area is 220 Å². The summed E-state index contributed by atoms with van der Waals surface area (Å²) in [4.78, 5) is 42.8. The highest BCUT2D eigenvalue weighted by Crippen LogP contribution is 2.60. The topological polar surface area (TPSA) is 117 Å². The maximum absolute atomic E-state index is 12.7. The third-order valence-electron chi connectivity index (χ3n) is 6.68. The second-order valence-corrected chi connectivity index (χ2v) is 12.1. The van der Waals surface area contributed by atoms with Gasteiger partial charge in [-0.25, -0.2) is 9.97 Å². The van der Waals surface area contributed by atoms with E-state index in [1.54, 1.807) is 50.5 Å². The molecule has 0 bridgehead atoms. The largest absolute Gasteiger partial charge is 0.335 e. The lowest BCUT2D eigenvalue weighted by Crippen LogP contribution is -2.24. The number of nitrogens with one attached hydrogen (secondary N) is 1. The van der Waals surface area contributed by atoms with Crippen molar-refractivity contribution in [1.29, 1.82) is 0 Å². The maximum Gasteiger partial charge on any atom is 0.335 e. The van der Waals surface area contributed by atoms with Gasteiger partial charge in [0.15, 0.2) is 5.13 Å². The second kappa shape index (κ2) is 10.7. The van der Waals surface area contributed by atoms with Crippen molar-refractivity contribution in [3.05, 3.63) is 77.1 Å². The number of carbonyl (C=O) groups excluding carboxylic acids is 1. The first-order valence-corrected chi connectivity index (χ1v) is 14.6. The summed E-state index contributed by atoms with van der Waals surface area (Å²) in [6.07, 6.45) is 5.63. The lowest BCUT2D eigenvalue weighted by atomic mass is 9.92. The molecule has 0 fully saturated rings. The number of benzene rings is 2. The smallest absolute Gasteiger partial charge is 0.324 e. The summed E-state index contributed by atoms with van der Waals surface area (Å²) in [7, 11) is -4.37. The lowest BCUT2D eigenvalue weighted by Gasteiger charge is -2.33. The van der Waals surface area contributed by atoms with E-state index in [4.69, 9.17) is 4.98 Å². The van der Waals surface area contributed by atoms with Crippen LogP contribution in [0.4, 0.5) is 5.69 Å². The van der Waals surface area contributed by atoms with Crippen LogP contribution in [0, 0.1) is 0 Å². The second-order valence-electron chi connectivity index (χ2n) is 9.19. The summed E-state index contributed by atoms with van der Waals surface area (Å²) in [5, 5.41) is 2.38. The van der Waals surface area contributed by atoms with Crippen LogP contribution in [0.3, 0.4) is 0 Å². The highest BCUT2D eigenvalue weighted by molar-refractivity contribution is 7.53. The molecule has 8 nitrogen and oxygen atoms in total. The van der Waals surface area contributed by atoms with Crippen LogP contribution in [0.1, 0.15) is 62.6 Å². The van der Waals surface area contributed by atoms with Crippen LogP contribution >= 0.6 is 18.9 Å². The third kappa shape index (κ3) is 5.31. The number of rotatable bonds is 9. The predicted molar refractivity (Wildman–Crippen MR) is 149 cm³/mol. The van der Waals surface area contributed by atoms with Gasteiger partial charge in [-0.05, 0) is 54.7 Å². The number of hydrogen-bond acceptors (Lipinski definition) is 5. The quantitative estimate of drug-likeness (QED) is 0.167. The maximum atomic E-state index is 12.7. The highest BCUT2D eigenvalue weighted by atomic mass is 32.1. The summed E-state index contributed by atoms with van der Waals surface area (Å²) < 4.78 is 14.2. The van der Waals surface area contributed by atoms with E-state index >= 15 is 0 Å². The molecule has 3 N–H and O–H groups in total. The van der Waals surface area contributed by atoms with Crippen LogP contribution in [0.25, 0.3) is 22.2 Å². The number of amides is 1. The highest BCUT2D eigenvalue weighted by Gasteiger charge is 2.45. The Balaban J connectivity index is 1.53. The van der Waals surface area contributed by atoms with Crippen molar-refractivity contribution in [3.8, 4) is 5.13 Å². The Morgan fingerprint density at radius 2 is 1.81 bits per heavy atom. The average Bonchev–Trinajstić information content (AvgIpc) is 3.48. The van der Waals surface area contributed by atoms with Crippen molar-refractivity contribution in [2.75, 3.05) is 5.32 Å². The molecule has 0 aliphatic heterocycles. The van der Waals surface area contributed by atoms with Gasteiger partial charge in [0, 0.05) is 11.8 Å². The van der Waals surface area contributed by atoms with E-state index in [1.165, 1.54) is 17.4 Å². The molecule has 37 heavy (non-hydrogen) atoms. The molecular weight excluding hydrogens is 507 g/mol. The van der Waals surface area contributed by atoms with E-state index in [-0.39, 0.29) is 11.8 Å². The van der Waals surface area contributed by atoms with Gasteiger partial charge in [0.05, 0.1) is 26.8 Å². The van der Waals surface area contributed by atoms with Crippen LogP contribution in [0.5, 0.6) is 0 Å². The van der Waals surface area contributed by atoms with Crippen molar-refractivity contribution < 1.29 is 19.1 Å². The number of carbonyl (C=O) groups is 1. The molecule has 2 aromatic carbocycles. The van der Waals surface area contributed by atoms with E-state index in [9.17, 15) is 19.1 Å². The predicted octanol–water partition coefficient (Wildman–Crippen LogP) is 6.45. The van der Waals surface area contributed by atoms with Crippen molar-refractivity contribution in [2.24, 2.45) is 0 Å². The minimum Gasteiger partial charge on any atom is -0.324 e. The first-order chi connectivity index (χ1) is 17.6. The number of thiazole rings is 1. The lowest BCUT2D eigenvalue weighted by molar-refractivity contribution is -0.111.